The van der Waals surface area contributed by atoms with Gasteiger partial charge in [-0.25, -0.2) is 13.6 Å². The molecule has 0 bridgehead atoms. The second-order valence-electron chi connectivity index (χ2n) is 2.70. The Bertz CT molecular complexity index is 426. The summed E-state index contributed by atoms with van der Waals surface area (Å²) in [5.74, 6) is -1.97. The Hall–Kier alpha value is -1.76. The van der Waals surface area contributed by atoms with Gasteiger partial charge in [0.2, 0.25) is 0 Å². The third kappa shape index (κ3) is 3.43. The number of rotatable bonds is 1. The highest BCUT2D eigenvalue weighted by Crippen LogP contribution is 2.12. The summed E-state index contributed by atoms with van der Waals surface area (Å²) in [5, 5.41) is 4.57. The zero-order valence-electron chi connectivity index (χ0n) is 8.21. The molecule has 86 valence electrons. The molecule has 0 unspecified atom stereocenters. The van der Waals surface area contributed by atoms with Crippen molar-refractivity contribution in [2.45, 2.75) is 0 Å². The Kier molecular flexibility index (Phi) is 4.12. The van der Waals surface area contributed by atoms with Crippen LogP contribution in [-0.2, 0) is 4.74 Å². The Morgan fingerprint density at radius 3 is 2.62 bits per heavy atom. The van der Waals surface area contributed by atoms with Crippen LogP contribution in [0.1, 0.15) is 0 Å². The van der Waals surface area contributed by atoms with Crippen molar-refractivity contribution in [3.63, 3.8) is 0 Å². The summed E-state index contributed by atoms with van der Waals surface area (Å²) in [6.07, 6.45) is -0.750. The molecule has 1 rings (SSSR count). The average Bonchev–Trinajstić information content (AvgIpc) is 2.23. The minimum Gasteiger partial charge on any atom is -0.453 e. The number of hydrogen-bond acceptors (Lipinski definition) is 3. The van der Waals surface area contributed by atoms with E-state index in [-0.39, 0.29) is 10.8 Å². The van der Waals surface area contributed by atoms with Crippen molar-refractivity contribution in [1.82, 2.24) is 5.32 Å². The average molecular weight is 246 g/mol. The summed E-state index contributed by atoms with van der Waals surface area (Å²) in [6, 6.07) is 3.14. The molecular weight excluding hydrogens is 238 g/mol. The van der Waals surface area contributed by atoms with Crippen molar-refractivity contribution in [2.24, 2.45) is 0 Å². The van der Waals surface area contributed by atoms with E-state index in [0.717, 1.165) is 12.1 Å². The van der Waals surface area contributed by atoms with Gasteiger partial charge in [-0.15, -0.1) is 0 Å². The van der Waals surface area contributed by atoms with E-state index in [1.54, 1.807) is 0 Å². The number of ether oxygens (including phenoxy) is 1. The quantitative estimate of drug-likeness (QED) is 0.744. The molecule has 7 heteroatoms. The smallest absolute Gasteiger partial charge is 0.413 e. The summed E-state index contributed by atoms with van der Waals surface area (Å²) in [6.45, 7) is 0. The van der Waals surface area contributed by atoms with Crippen LogP contribution in [0.25, 0.3) is 0 Å². The maximum absolute atomic E-state index is 12.8. The molecule has 0 saturated heterocycles. The highest BCUT2D eigenvalue weighted by atomic mass is 32.1. The molecule has 0 aliphatic rings. The minimum absolute atomic E-state index is 0.0714. The summed E-state index contributed by atoms with van der Waals surface area (Å²) >= 11 is 4.72. The van der Waals surface area contributed by atoms with Gasteiger partial charge in [-0.2, -0.15) is 0 Å². The molecular formula is C9H8F2N2O2S. The summed E-state index contributed by atoms with van der Waals surface area (Å²) in [7, 11) is 1.18. The van der Waals surface area contributed by atoms with Gasteiger partial charge in [0.15, 0.2) is 16.7 Å². The van der Waals surface area contributed by atoms with Gasteiger partial charge < -0.3 is 10.1 Å². The van der Waals surface area contributed by atoms with E-state index in [2.05, 4.69) is 15.4 Å². The first kappa shape index (κ1) is 12.3. The van der Waals surface area contributed by atoms with E-state index in [1.165, 1.54) is 13.2 Å². The lowest BCUT2D eigenvalue weighted by Crippen LogP contribution is -2.33. The van der Waals surface area contributed by atoms with Gasteiger partial charge in [-0.3, -0.25) is 5.32 Å². The first-order valence-electron chi connectivity index (χ1n) is 4.14. The Morgan fingerprint density at radius 2 is 2.06 bits per heavy atom. The van der Waals surface area contributed by atoms with Gasteiger partial charge >= 0.3 is 6.09 Å². The van der Waals surface area contributed by atoms with Crippen LogP contribution in [0.5, 0.6) is 0 Å². The van der Waals surface area contributed by atoms with E-state index >= 15 is 0 Å². The molecule has 0 aliphatic heterocycles. The Balaban J connectivity index is 2.63. The number of carbonyl (C=O) groups excluding carboxylic acids is 1. The number of benzene rings is 1. The molecule has 1 aromatic rings. The summed E-state index contributed by atoms with van der Waals surface area (Å²) < 4.78 is 29.7. The van der Waals surface area contributed by atoms with Gasteiger partial charge in [0.25, 0.3) is 0 Å². The van der Waals surface area contributed by atoms with Gasteiger partial charge in [0.05, 0.1) is 7.11 Å². The molecule has 1 aromatic carbocycles. The number of hydrogen-bond donors (Lipinski definition) is 2. The van der Waals surface area contributed by atoms with Crippen molar-refractivity contribution in [1.29, 1.82) is 0 Å². The second kappa shape index (κ2) is 5.36. The van der Waals surface area contributed by atoms with Crippen LogP contribution in [0.2, 0.25) is 0 Å². The van der Waals surface area contributed by atoms with Gasteiger partial charge in [0, 0.05) is 11.8 Å². The number of alkyl carbamates (subject to hydrolysis) is 1. The van der Waals surface area contributed by atoms with Crippen LogP contribution in [0.3, 0.4) is 0 Å². The van der Waals surface area contributed by atoms with E-state index in [0.29, 0.717) is 0 Å². The lowest BCUT2D eigenvalue weighted by atomic mass is 10.3. The molecule has 2 N–H and O–H groups in total. The summed E-state index contributed by atoms with van der Waals surface area (Å²) in [4.78, 5) is 10.7. The fourth-order valence-electron chi connectivity index (χ4n) is 0.880. The highest BCUT2D eigenvalue weighted by Gasteiger charge is 2.06. The lowest BCUT2D eigenvalue weighted by Gasteiger charge is -2.08. The van der Waals surface area contributed by atoms with Gasteiger partial charge in [-0.05, 0) is 24.4 Å². The molecule has 0 aliphatic carbocycles. The van der Waals surface area contributed by atoms with Crippen molar-refractivity contribution in [2.75, 3.05) is 12.4 Å². The number of amides is 1. The molecule has 0 fully saturated rings. The third-order valence-electron chi connectivity index (χ3n) is 1.58. The highest BCUT2D eigenvalue weighted by molar-refractivity contribution is 7.80. The molecule has 0 spiro atoms. The standard InChI is InChI=1S/C9H8F2N2O2S/c1-15-9(14)13-8(16)12-5-2-3-6(10)7(11)4-5/h2-4H,1H3,(H2,12,13,14,16). The molecule has 0 saturated carbocycles. The number of carbonyl (C=O) groups is 1. The van der Waals surface area contributed by atoms with Crippen LogP contribution in [-0.4, -0.2) is 18.3 Å². The summed E-state index contributed by atoms with van der Waals surface area (Å²) in [5.41, 5.74) is 0.223. The first-order valence-corrected chi connectivity index (χ1v) is 4.54. The van der Waals surface area contributed by atoms with Crippen molar-refractivity contribution < 1.29 is 18.3 Å². The molecule has 1 amide bonds. The van der Waals surface area contributed by atoms with Crippen molar-refractivity contribution in [3.8, 4) is 0 Å². The van der Waals surface area contributed by atoms with Crippen LogP contribution in [0.4, 0.5) is 19.3 Å². The Labute approximate surface area is 95.6 Å². The van der Waals surface area contributed by atoms with Gasteiger partial charge in [0.1, 0.15) is 0 Å². The third-order valence-corrected chi connectivity index (χ3v) is 1.78. The van der Waals surface area contributed by atoms with E-state index in [1.807, 2.05) is 0 Å². The monoisotopic (exact) mass is 246 g/mol. The normalized spacial score (nSPS) is 9.44. The topological polar surface area (TPSA) is 50.4 Å². The second-order valence-corrected chi connectivity index (χ2v) is 3.11. The lowest BCUT2D eigenvalue weighted by molar-refractivity contribution is 0.177. The van der Waals surface area contributed by atoms with E-state index in [4.69, 9.17) is 12.2 Å². The number of thiocarbonyl (C=S) groups is 1. The van der Waals surface area contributed by atoms with Crippen molar-refractivity contribution >= 4 is 29.1 Å². The molecule has 0 radical (unpaired) electrons. The van der Waals surface area contributed by atoms with Crippen molar-refractivity contribution in [3.05, 3.63) is 29.8 Å². The zero-order chi connectivity index (χ0) is 12.1. The SMILES string of the molecule is COC(=O)NC(=S)Nc1ccc(F)c(F)c1. The fraction of sp³-hybridized carbons (Fsp3) is 0.111. The van der Waals surface area contributed by atoms with Crippen LogP contribution < -0.4 is 10.6 Å². The molecule has 0 heterocycles. The van der Waals surface area contributed by atoms with Gasteiger partial charge in [-0.1, -0.05) is 0 Å². The fourth-order valence-corrected chi connectivity index (χ4v) is 1.08. The predicted molar refractivity (Wildman–Crippen MR) is 58.1 cm³/mol. The number of anilines is 1. The maximum atomic E-state index is 12.8. The minimum atomic E-state index is -1.01. The van der Waals surface area contributed by atoms with E-state index in [9.17, 15) is 13.6 Å². The molecule has 0 aromatic heterocycles. The van der Waals surface area contributed by atoms with Crippen LogP contribution in [0.15, 0.2) is 18.2 Å². The maximum Gasteiger partial charge on any atom is 0.413 e. The number of halogens is 2. The number of nitrogens with one attached hydrogen (secondary N) is 2. The first-order chi connectivity index (χ1) is 7.52. The molecule has 4 nitrogen and oxygen atoms in total. The predicted octanol–water partition coefficient (Wildman–Crippen LogP) is 2.02. The van der Waals surface area contributed by atoms with Crippen LogP contribution >= 0.6 is 12.2 Å². The van der Waals surface area contributed by atoms with Crippen LogP contribution in [0, 0.1) is 11.6 Å². The molecule has 0 atom stereocenters. The molecule has 16 heavy (non-hydrogen) atoms. The zero-order valence-corrected chi connectivity index (χ0v) is 9.03. The van der Waals surface area contributed by atoms with E-state index < -0.39 is 17.7 Å². The largest absolute Gasteiger partial charge is 0.453 e. The number of methoxy groups -OCH3 is 1. The Morgan fingerprint density at radius 1 is 1.38 bits per heavy atom.